The van der Waals surface area contributed by atoms with Crippen LogP contribution in [0.15, 0.2) is 29.3 Å². The molecule has 2 aromatic rings. The van der Waals surface area contributed by atoms with Gasteiger partial charge in [0.1, 0.15) is 23.3 Å². The lowest BCUT2D eigenvalue weighted by Crippen LogP contribution is -2.45. The Morgan fingerprint density at radius 2 is 2.03 bits per heavy atom. The first kappa shape index (κ1) is 21.6. The zero-order chi connectivity index (χ0) is 21.5. The summed E-state index contributed by atoms with van der Waals surface area (Å²) in [5.74, 6) is 1.68. The van der Waals surface area contributed by atoms with E-state index in [1.807, 2.05) is 0 Å². The Bertz CT molecular complexity index is 903. The van der Waals surface area contributed by atoms with Crippen molar-refractivity contribution in [1.82, 2.24) is 20.0 Å². The summed E-state index contributed by atoms with van der Waals surface area (Å²) < 4.78 is 14.7. The maximum absolute atomic E-state index is 13.2. The SMILES string of the molecule is CCNC(=NCCCc1nn(-c2ccc(F)cc2)c(N)c1C#N)N1CCC(C)CC1. The fourth-order valence-electron chi connectivity index (χ4n) is 3.63. The predicted molar refractivity (Wildman–Crippen MR) is 117 cm³/mol. The molecule has 8 heteroatoms. The van der Waals surface area contributed by atoms with Crippen molar-refractivity contribution < 1.29 is 4.39 Å². The van der Waals surface area contributed by atoms with Crippen molar-refractivity contribution >= 4 is 11.8 Å². The van der Waals surface area contributed by atoms with Crippen LogP contribution >= 0.6 is 0 Å². The van der Waals surface area contributed by atoms with Gasteiger partial charge in [0.15, 0.2) is 5.96 Å². The number of aromatic nitrogens is 2. The number of rotatable bonds is 6. The minimum absolute atomic E-state index is 0.276. The van der Waals surface area contributed by atoms with E-state index in [4.69, 9.17) is 10.7 Å². The Labute approximate surface area is 177 Å². The molecule has 1 aliphatic rings. The highest BCUT2D eigenvalue weighted by Crippen LogP contribution is 2.22. The summed E-state index contributed by atoms with van der Waals surface area (Å²) in [6.45, 7) is 7.91. The maximum atomic E-state index is 13.2. The van der Waals surface area contributed by atoms with Gasteiger partial charge in [-0.15, -0.1) is 0 Å². The molecule has 3 N–H and O–H groups in total. The van der Waals surface area contributed by atoms with E-state index in [-0.39, 0.29) is 11.6 Å². The lowest BCUT2D eigenvalue weighted by Gasteiger charge is -2.33. The van der Waals surface area contributed by atoms with Gasteiger partial charge in [0.25, 0.3) is 0 Å². The van der Waals surface area contributed by atoms with Gasteiger partial charge in [0.05, 0.1) is 11.4 Å². The Hall–Kier alpha value is -3.08. The number of aliphatic imine (C=N–C) groups is 1. The standard InChI is InChI=1S/C22H30FN7/c1-3-26-22(29-13-10-16(2)11-14-29)27-12-4-5-20-19(15-24)21(25)30(28-20)18-8-6-17(23)7-9-18/h6-9,16H,3-5,10-14,25H2,1-2H3,(H,26,27). The van der Waals surface area contributed by atoms with Crippen molar-refractivity contribution in [1.29, 1.82) is 5.26 Å². The number of piperidine rings is 1. The normalized spacial score (nSPS) is 15.3. The number of guanidine groups is 1. The number of benzene rings is 1. The monoisotopic (exact) mass is 411 g/mol. The number of likely N-dealkylation sites (tertiary alicyclic amines) is 1. The zero-order valence-electron chi connectivity index (χ0n) is 17.7. The molecule has 0 amide bonds. The van der Waals surface area contributed by atoms with E-state index >= 15 is 0 Å². The van der Waals surface area contributed by atoms with Crippen LogP contribution < -0.4 is 11.1 Å². The van der Waals surface area contributed by atoms with Gasteiger partial charge in [-0.25, -0.2) is 9.07 Å². The number of hydrogen-bond donors (Lipinski definition) is 2. The van der Waals surface area contributed by atoms with Crippen LogP contribution in [0.5, 0.6) is 0 Å². The molecule has 0 radical (unpaired) electrons. The summed E-state index contributed by atoms with van der Waals surface area (Å²) in [5, 5.41) is 17.4. The summed E-state index contributed by atoms with van der Waals surface area (Å²) in [6.07, 6.45) is 3.74. The molecule has 0 bridgehead atoms. The second-order valence-corrected chi connectivity index (χ2v) is 7.72. The van der Waals surface area contributed by atoms with Crippen LogP contribution in [0.4, 0.5) is 10.2 Å². The van der Waals surface area contributed by atoms with E-state index in [2.05, 4.69) is 35.2 Å². The van der Waals surface area contributed by atoms with Crippen LogP contribution in [0.1, 0.15) is 44.4 Å². The molecule has 0 atom stereocenters. The maximum Gasteiger partial charge on any atom is 0.193 e. The molecule has 3 rings (SSSR count). The number of anilines is 1. The second kappa shape index (κ2) is 10.1. The average molecular weight is 412 g/mol. The van der Waals surface area contributed by atoms with Crippen LogP contribution in [0.25, 0.3) is 5.69 Å². The molecular weight excluding hydrogens is 381 g/mol. The Balaban J connectivity index is 1.66. The number of hydrogen-bond acceptors (Lipinski definition) is 4. The highest BCUT2D eigenvalue weighted by atomic mass is 19.1. The van der Waals surface area contributed by atoms with E-state index in [1.165, 1.54) is 29.7 Å². The van der Waals surface area contributed by atoms with Gasteiger partial charge in [0.2, 0.25) is 0 Å². The zero-order valence-corrected chi connectivity index (χ0v) is 17.7. The van der Waals surface area contributed by atoms with Crippen molar-refractivity contribution in [2.75, 3.05) is 31.9 Å². The number of nitrogens with two attached hydrogens (primary N) is 1. The minimum Gasteiger partial charge on any atom is -0.382 e. The smallest absolute Gasteiger partial charge is 0.193 e. The number of aryl methyl sites for hydroxylation is 1. The molecule has 1 saturated heterocycles. The van der Waals surface area contributed by atoms with Crippen molar-refractivity contribution in [2.45, 2.75) is 39.5 Å². The summed E-state index contributed by atoms with van der Waals surface area (Å²) in [5.41, 5.74) is 7.77. The highest BCUT2D eigenvalue weighted by molar-refractivity contribution is 5.80. The molecule has 0 saturated carbocycles. The van der Waals surface area contributed by atoms with Gasteiger partial charge in [0, 0.05) is 26.2 Å². The fraction of sp³-hybridized carbons (Fsp3) is 0.500. The molecule has 7 nitrogen and oxygen atoms in total. The highest BCUT2D eigenvalue weighted by Gasteiger charge is 2.19. The third kappa shape index (κ3) is 5.09. The first-order valence-corrected chi connectivity index (χ1v) is 10.6. The first-order chi connectivity index (χ1) is 14.5. The van der Waals surface area contributed by atoms with E-state index in [1.54, 1.807) is 12.1 Å². The number of nitrogens with zero attached hydrogens (tertiary/aromatic N) is 5. The fourth-order valence-corrected chi connectivity index (χ4v) is 3.63. The van der Waals surface area contributed by atoms with E-state index in [0.717, 1.165) is 37.9 Å². The van der Waals surface area contributed by atoms with Crippen LogP contribution in [0.2, 0.25) is 0 Å². The summed E-state index contributed by atoms with van der Waals surface area (Å²) in [4.78, 5) is 7.10. The lowest BCUT2D eigenvalue weighted by atomic mass is 10.00. The van der Waals surface area contributed by atoms with Gasteiger partial charge in [-0.05, 0) is 62.8 Å². The third-order valence-electron chi connectivity index (χ3n) is 5.43. The van der Waals surface area contributed by atoms with Crippen molar-refractivity contribution in [3.63, 3.8) is 0 Å². The molecule has 160 valence electrons. The molecule has 30 heavy (non-hydrogen) atoms. The van der Waals surface area contributed by atoms with E-state index in [9.17, 15) is 9.65 Å². The molecule has 1 aliphatic heterocycles. The lowest BCUT2D eigenvalue weighted by molar-refractivity contribution is 0.273. The molecule has 1 fully saturated rings. The molecule has 2 heterocycles. The van der Waals surface area contributed by atoms with Crippen LogP contribution in [0, 0.1) is 23.1 Å². The summed E-state index contributed by atoms with van der Waals surface area (Å²) >= 11 is 0. The van der Waals surface area contributed by atoms with Gasteiger partial charge in [-0.1, -0.05) is 6.92 Å². The van der Waals surface area contributed by atoms with Gasteiger partial charge in [-0.3, -0.25) is 4.99 Å². The minimum atomic E-state index is -0.331. The largest absolute Gasteiger partial charge is 0.382 e. The first-order valence-electron chi connectivity index (χ1n) is 10.6. The van der Waals surface area contributed by atoms with Crippen molar-refractivity contribution in [2.24, 2.45) is 10.9 Å². The molecule has 1 aromatic heterocycles. The van der Waals surface area contributed by atoms with Gasteiger partial charge >= 0.3 is 0 Å². The Morgan fingerprint density at radius 1 is 1.33 bits per heavy atom. The van der Waals surface area contributed by atoms with E-state index < -0.39 is 0 Å². The number of nitrogen functional groups attached to an aromatic ring is 1. The van der Waals surface area contributed by atoms with Crippen molar-refractivity contribution in [3.8, 4) is 11.8 Å². The third-order valence-corrected chi connectivity index (χ3v) is 5.43. The molecule has 1 aromatic carbocycles. The Kier molecular flexibility index (Phi) is 7.28. The average Bonchev–Trinajstić information content (AvgIpc) is 3.07. The number of nitrogens with one attached hydrogen (secondary N) is 1. The quantitative estimate of drug-likeness (QED) is 0.433. The van der Waals surface area contributed by atoms with Gasteiger partial charge < -0.3 is 16.0 Å². The Morgan fingerprint density at radius 3 is 2.67 bits per heavy atom. The summed E-state index contributed by atoms with van der Waals surface area (Å²) in [7, 11) is 0. The predicted octanol–water partition coefficient (Wildman–Crippen LogP) is 3.10. The molecule has 0 aliphatic carbocycles. The topological polar surface area (TPSA) is 95.3 Å². The van der Waals surface area contributed by atoms with E-state index in [0.29, 0.717) is 29.9 Å². The molecule has 0 unspecified atom stereocenters. The van der Waals surface area contributed by atoms with Gasteiger partial charge in [-0.2, -0.15) is 10.4 Å². The molecule has 0 spiro atoms. The van der Waals surface area contributed by atoms with Crippen LogP contribution in [-0.4, -0.2) is 46.8 Å². The second-order valence-electron chi connectivity index (χ2n) is 7.72. The number of nitriles is 1. The van der Waals surface area contributed by atoms with Crippen molar-refractivity contribution in [3.05, 3.63) is 41.3 Å². The van der Waals surface area contributed by atoms with Crippen LogP contribution in [-0.2, 0) is 6.42 Å². The summed E-state index contributed by atoms with van der Waals surface area (Å²) in [6, 6.07) is 8.03. The number of halogens is 1. The van der Waals surface area contributed by atoms with Crippen LogP contribution in [0.3, 0.4) is 0 Å². The molecular formula is C22H30FN7.